The molecule has 1 amide bonds. The predicted octanol–water partition coefficient (Wildman–Crippen LogP) is 2.69. The van der Waals surface area contributed by atoms with Crippen LogP contribution >= 0.6 is 0 Å². The Morgan fingerprint density at radius 2 is 2.05 bits per heavy atom. The number of anilines is 1. The summed E-state index contributed by atoms with van der Waals surface area (Å²) in [5, 5.41) is 2.56. The maximum Gasteiger partial charge on any atom is 0.416 e. The van der Waals surface area contributed by atoms with Gasteiger partial charge in [0.15, 0.2) is 0 Å². The molecular weight excluding hydrogens is 257 g/mol. The molecule has 0 radical (unpaired) electrons. The van der Waals surface area contributed by atoms with Gasteiger partial charge in [-0.2, -0.15) is 13.2 Å². The van der Waals surface area contributed by atoms with E-state index in [1.165, 1.54) is 6.07 Å². The molecule has 0 spiro atoms. The maximum atomic E-state index is 12.6. The molecule has 1 aliphatic carbocycles. The molecule has 0 heterocycles. The Balaban J connectivity index is 2.23. The first kappa shape index (κ1) is 13.9. The number of halogens is 3. The Morgan fingerprint density at radius 3 is 2.53 bits per heavy atom. The topological polar surface area (TPSA) is 55.1 Å². The number of nitrogens with two attached hydrogens (primary N) is 1. The zero-order valence-electron chi connectivity index (χ0n) is 10.5. The van der Waals surface area contributed by atoms with Gasteiger partial charge in [0, 0.05) is 12.2 Å². The highest BCUT2D eigenvalue weighted by atomic mass is 19.4. The highest BCUT2D eigenvalue weighted by Crippen LogP contribution is 2.45. The van der Waals surface area contributed by atoms with Gasteiger partial charge in [-0.15, -0.1) is 0 Å². The minimum absolute atomic E-state index is 0.194. The van der Waals surface area contributed by atoms with Gasteiger partial charge in [0.1, 0.15) is 0 Å². The summed E-state index contributed by atoms with van der Waals surface area (Å²) in [4.78, 5) is 12.0. The standard InChI is InChI=1S/C13H15F3N2O/c1-8-2-3-9(13(14,15)16)6-10(8)18-11(19)12(7-17)4-5-12/h2-3,6H,4-5,7,17H2,1H3,(H,18,19). The first-order valence-corrected chi connectivity index (χ1v) is 5.98. The molecule has 1 aromatic carbocycles. The second kappa shape index (κ2) is 4.52. The van der Waals surface area contributed by atoms with Crippen LogP contribution in [0.3, 0.4) is 0 Å². The van der Waals surface area contributed by atoms with Crippen molar-refractivity contribution in [2.75, 3.05) is 11.9 Å². The lowest BCUT2D eigenvalue weighted by molar-refractivity contribution is -0.137. The highest BCUT2D eigenvalue weighted by molar-refractivity contribution is 5.98. The van der Waals surface area contributed by atoms with Gasteiger partial charge in [-0.25, -0.2) is 0 Å². The van der Waals surface area contributed by atoms with Gasteiger partial charge in [-0.3, -0.25) is 4.79 Å². The summed E-state index contributed by atoms with van der Waals surface area (Å²) >= 11 is 0. The van der Waals surface area contributed by atoms with Crippen LogP contribution in [-0.4, -0.2) is 12.5 Å². The molecule has 104 valence electrons. The quantitative estimate of drug-likeness (QED) is 0.888. The SMILES string of the molecule is Cc1ccc(C(F)(F)F)cc1NC(=O)C1(CN)CC1. The lowest BCUT2D eigenvalue weighted by atomic mass is 10.1. The van der Waals surface area contributed by atoms with Crippen molar-refractivity contribution in [3.63, 3.8) is 0 Å². The minimum Gasteiger partial charge on any atom is -0.329 e. The molecule has 0 saturated heterocycles. The van der Waals surface area contributed by atoms with Crippen molar-refractivity contribution in [1.29, 1.82) is 0 Å². The Bertz CT molecular complexity index is 507. The third-order valence-electron chi connectivity index (χ3n) is 3.54. The van der Waals surface area contributed by atoms with E-state index in [2.05, 4.69) is 5.32 Å². The molecule has 2 rings (SSSR count). The lowest BCUT2D eigenvalue weighted by Crippen LogP contribution is -2.31. The average molecular weight is 272 g/mol. The first-order chi connectivity index (χ1) is 8.78. The van der Waals surface area contributed by atoms with Crippen molar-refractivity contribution in [3.05, 3.63) is 29.3 Å². The Hall–Kier alpha value is -1.56. The number of hydrogen-bond donors (Lipinski definition) is 2. The van der Waals surface area contributed by atoms with Crippen LogP contribution in [0.1, 0.15) is 24.0 Å². The monoisotopic (exact) mass is 272 g/mol. The largest absolute Gasteiger partial charge is 0.416 e. The molecule has 6 heteroatoms. The van der Waals surface area contributed by atoms with Crippen molar-refractivity contribution < 1.29 is 18.0 Å². The first-order valence-electron chi connectivity index (χ1n) is 5.98. The van der Waals surface area contributed by atoms with E-state index in [0.29, 0.717) is 18.4 Å². The van der Waals surface area contributed by atoms with E-state index in [-0.39, 0.29) is 18.1 Å². The molecule has 19 heavy (non-hydrogen) atoms. The molecular formula is C13H15F3N2O. The van der Waals surface area contributed by atoms with Gasteiger partial charge in [-0.1, -0.05) is 6.07 Å². The molecule has 1 aromatic rings. The second-order valence-electron chi connectivity index (χ2n) is 4.97. The summed E-state index contributed by atoms with van der Waals surface area (Å²) in [6, 6.07) is 3.31. The van der Waals surface area contributed by atoms with E-state index in [0.717, 1.165) is 12.1 Å². The molecule has 0 atom stereocenters. The molecule has 0 aliphatic heterocycles. The van der Waals surface area contributed by atoms with Crippen LogP contribution in [0.15, 0.2) is 18.2 Å². The predicted molar refractivity (Wildman–Crippen MR) is 65.5 cm³/mol. The Morgan fingerprint density at radius 1 is 1.42 bits per heavy atom. The smallest absolute Gasteiger partial charge is 0.329 e. The number of alkyl halides is 3. The molecule has 0 aromatic heterocycles. The van der Waals surface area contributed by atoms with Crippen molar-refractivity contribution >= 4 is 11.6 Å². The summed E-state index contributed by atoms with van der Waals surface area (Å²) in [5.74, 6) is -0.294. The van der Waals surface area contributed by atoms with E-state index >= 15 is 0 Å². The van der Waals surface area contributed by atoms with Crippen LogP contribution in [0.5, 0.6) is 0 Å². The van der Waals surface area contributed by atoms with E-state index in [1.54, 1.807) is 6.92 Å². The summed E-state index contributed by atoms with van der Waals surface area (Å²) < 4.78 is 37.9. The molecule has 1 aliphatic rings. The molecule has 0 unspecified atom stereocenters. The van der Waals surface area contributed by atoms with Crippen molar-refractivity contribution in [3.8, 4) is 0 Å². The number of aryl methyl sites for hydroxylation is 1. The number of nitrogens with one attached hydrogen (secondary N) is 1. The number of carbonyl (C=O) groups is 1. The number of hydrogen-bond acceptors (Lipinski definition) is 2. The third kappa shape index (κ3) is 2.73. The Labute approximate surface area is 109 Å². The van der Waals surface area contributed by atoms with Gasteiger partial charge >= 0.3 is 6.18 Å². The fourth-order valence-electron chi connectivity index (χ4n) is 1.86. The minimum atomic E-state index is -4.42. The van der Waals surface area contributed by atoms with Crippen molar-refractivity contribution in [2.45, 2.75) is 25.9 Å². The fraction of sp³-hybridized carbons (Fsp3) is 0.462. The second-order valence-corrected chi connectivity index (χ2v) is 4.97. The van der Waals surface area contributed by atoms with Crippen LogP contribution in [0.4, 0.5) is 18.9 Å². The van der Waals surface area contributed by atoms with Gasteiger partial charge in [0.2, 0.25) is 5.91 Å². The molecule has 0 bridgehead atoms. The normalized spacial score (nSPS) is 17.1. The summed E-state index contributed by atoms with van der Waals surface area (Å²) in [7, 11) is 0. The summed E-state index contributed by atoms with van der Waals surface area (Å²) in [5.41, 5.74) is 4.95. The van der Waals surface area contributed by atoms with E-state index in [1.807, 2.05) is 0 Å². The fourth-order valence-corrected chi connectivity index (χ4v) is 1.86. The molecule has 3 N–H and O–H groups in total. The maximum absolute atomic E-state index is 12.6. The van der Waals surface area contributed by atoms with Crippen molar-refractivity contribution in [2.24, 2.45) is 11.1 Å². The van der Waals surface area contributed by atoms with Crippen LogP contribution in [0.25, 0.3) is 0 Å². The van der Waals surface area contributed by atoms with Gasteiger partial charge in [-0.05, 0) is 37.5 Å². The van der Waals surface area contributed by atoms with Crippen molar-refractivity contribution in [1.82, 2.24) is 0 Å². The van der Waals surface area contributed by atoms with Crippen LogP contribution in [0, 0.1) is 12.3 Å². The van der Waals surface area contributed by atoms with E-state index < -0.39 is 17.2 Å². The third-order valence-corrected chi connectivity index (χ3v) is 3.54. The van der Waals surface area contributed by atoms with Crippen LogP contribution < -0.4 is 11.1 Å². The van der Waals surface area contributed by atoms with Gasteiger partial charge in [0.25, 0.3) is 0 Å². The van der Waals surface area contributed by atoms with Crippen LogP contribution in [-0.2, 0) is 11.0 Å². The number of rotatable bonds is 3. The highest BCUT2D eigenvalue weighted by Gasteiger charge is 2.48. The summed E-state index contributed by atoms with van der Waals surface area (Å²) in [6.45, 7) is 1.87. The van der Waals surface area contributed by atoms with E-state index in [9.17, 15) is 18.0 Å². The molecule has 1 fully saturated rings. The number of benzene rings is 1. The van der Waals surface area contributed by atoms with Gasteiger partial charge < -0.3 is 11.1 Å². The molecule has 1 saturated carbocycles. The Kier molecular flexibility index (Phi) is 3.30. The zero-order chi connectivity index (χ0) is 14.3. The summed E-state index contributed by atoms with van der Waals surface area (Å²) in [6.07, 6.45) is -3.04. The number of carbonyl (C=O) groups excluding carboxylic acids is 1. The molecule has 3 nitrogen and oxygen atoms in total. The van der Waals surface area contributed by atoms with Crippen LogP contribution in [0.2, 0.25) is 0 Å². The zero-order valence-corrected chi connectivity index (χ0v) is 10.5. The lowest BCUT2D eigenvalue weighted by Gasteiger charge is -2.16. The van der Waals surface area contributed by atoms with Gasteiger partial charge in [0.05, 0.1) is 11.0 Å². The van der Waals surface area contributed by atoms with E-state index in [4.69, 9.17) is 5.73 Å². The average Bonchev–Trinajstić information content (AvgIpc) is 3.11. The number of amides is 1.